The van der Waals surface area contributed by atoms with Crippen molar-refractivity contribution in [2.75, 3.05) is 19.6 Å². The predicted molar refractivity (Wildman–Crippen MR) is 80.2 cm³/mol. The van der Waals surface area contributed by atoms with Crippen molar-refractivity contribution in [3.63, 3.8) is 0 Å². The van der Waals surface area contributed by atoms with Crippen LogP contribution in [0.3, 0.4) is 0 Å². The van der Waals surface area contributed by atoms with E-state index in [-0.39, 0.29) is 5.69 Å². The highest BCUT2D eigenvalue weighted by atomic mass is 19.4. The molecule has 1 N–H and O–H groups in total. The van der Waals surface area contributed by atoms with Gasteiger partial charge in [0, 0.05) is 24.6 Å². The summed E-state index contributed by atoms with van der Waals surface area (Å²) in [5.74, 6) is -0.956. The number of benzene rings is 1. The topological polar surface area (TPSA) is 75.5 Å². The Morgan fingerprint density at radius 3 is 2.33 bits per heavy atom. The van der Waals surface area contributed by atoms with Gasteiger partial charge >= 0.3 is 6.18 Å². The van der Waals surface area contributed by atoms with Crippen LogP contribution in [0.1, 0.15) is 18.4 Å². The fourth-order valence-electron chi connectivity index (χ4n) is 2.67. The first-order valence-electron chi connectivity index (χ1n) is 7.55. The highest BCUT2D eigenvalue weighted by Gasteiger charge is 2.31. The molecule has 0 aromatic heterocycles. The van der Waals surface area contributed by atoms with Crippen LogP contribution < -0.4 is 5.32 Å². The summed E-state index contributed by atoms with van der Waals surface area (Å²) in [5, 5.41) is 12.5. The molecule has 6 nitrogen and oxygen atoms in total. The van der Waals surface area contributed by atoms with Crippen LogP contribution in [0.2, 0.25) is 0 Å². The van der Waals surface area contributed by atoms with E-state index in [1.165, 1.54) is 12.1 Å². The summed E-state index contributed by atoms with van der Waals surface area (Å²) >= 11 is 0. The molecule has 0 atom stereocenters. The van der Waals surface area contributed by atoms with Crippen molar-refractivity contribution in [2.45, 2.75) is 25.6 Å². The Labute approximate surface area is 136 Å². The number of carbonyl (C=O) groups is 1. The van der Waals surface area contributed by atoms with Crippen molar-refractivity contribution in [1.29, 1.82) is 0 Å². The average Bonchev–Trinajstić information content (AvgIpc) is 2.53. The monoisotopic (exact) mass is 345 g/mol. The van der Waals surface area contributed by atoms with Crippen LogP contribution in [0.5, 0.6) is 0 Å². The number of hydrogen-bond acceptors (Lipinski definition) is 4. The quantitative estimate of drug-likeness (QED) is 0.657. The third kappa shape index (κ3) is 5.48. The van der Waals surface area contributed by atoms with E-state index in [1.54, 1.807) is 12.1 Å². The van der Waals surface area contributed by atoms with Crippen molar-refractivity contribution in [1.82, 2.24) is 10.2 Å². The van der Waals surface area contributed by atoms with Crippen molar-refractivity contribution >= 4 is 11.6 Å². The molecule has 1 aliphatic heterocycles. The molecule has 0 spiro atoms. The highest BCUT2D eigenvalue weighted by molar-refractivity contribution is 5.78. The molecular weight excluding hydrogens is 327 g/mol. The minimum Gasteiger partial charge on any atom is -0.347 e. The average molecular weight is 345 g/mol. The Kier molecular flexibility index (Phi) is 5.76. The summed E-state index contributed by atoms with van der Waals surface area (Å²) in [6.07, 6.45) is -3.40. The van der Waals surface area contributed by atoms with Crippen LogP contribution in [-0.2, 0) is 11.3 Å². The zero-order chi connectivity index (χ0) is 17.7. The number of amides is 1. The summed E-state index contributed by atoms with van der Waals surface area (Å²) in [4.78, 5) is 23.9. The van der Waals surface area contributed by atoms with Crippen LogP contribution in [0.15, 0.2) is 24.3 Å². The zero-order valence-electron chi connectivity index (χ0n) is 12.9. The van der Waals surface area contributed by atoms with Gasteiger partial charge in [0.2, 0.25) is 5.91 Å². The van der Waals surface area contributed by atoms with Crippen LogP contribution >= 0.6 is 0 Å². The van der Waals surface area contributed by atoms with Gasteiger partial charge in [-0.2, -0.15) is 13.2 Å². The second-order valence-corrected chi connectivity index (χ2v) is 5.81. The smallest absolute Gasteiger partial charge is 0.347 e. The summed E-state index contributed by atoms with van der Waals surface area (Å²) < 4.78 is 36.3. The molecule has 24 heavy (non-hydrogen) atoms. The molecule has 1 amide bonds. The SMILES string of the molecule is O=C(NCC(F)(F)F)C1CCN(Cc2ccc([N+](=O)[O-])cc2)CC1. The van der Waals surface area contributed by atoms with Crippen molar-refractivity contribution in [3.05, 3.63) is 39.9 Å². The first-order chi connectivity index (χ1) is 11.2. The van der Waals surface area contributed by atoms with Crippen molar-refractivity contribution in [3.8, 4) is 0 Å². The van der Waals surface area contributed by atoms with E-state index in [0.29, 0.717) is 32.5 Å². The lowest BCUT2D eigenvalue weighted by molar-refractivity contribution is -0.384. The predicted octanol–water partition coefficient (Wildman–Crippen LogP) is 2.49. The maximum atomic E-state index is 12.1. The maximum Gasteiger partial charge on any atom is 0.405 e. The van der Waals surface area contributed by atoms with Crippen LogP contribution in [0.4, 0.5) is 18.9 Å². The minimum absolute atomic E-state index is 0.0267. The lowest BCUT2D eigenvalue weighted by Gasteiger charge is -2.31. The summed E-state index contributed by atoms with van der Waals surface area (Å²) in [5.41, 5.74) is 0.944. The van der Waals surface area contributed by atoms with Gasteiger partial charge in [-0.3, -0.25) is 19.8 Å². The standard InChI is InChI=1S/C15H18F3N3O3/c16-15(17,18)10-19-14(22)12-5-7-20(8-6-12)9-11-1-3-13(4-2-11)21(23)24/h1-4,12H,5-10H2,(H,19,22). The lowest BCUT2D eigenvalue weighted by atomic mass is 9.95. The summed E-state index contributed by atoms with van der Waals surface area (Å²) in [7, 11) is 0. The van der Waals surface area contributed by atoms with E-state index in [4.69, 9.17) is 0 Å². The highest BCUT2D eigenvalue weighted by Crippen LogP contribution is 2.21. The Morgan fingerprint density at radius 2 is 1.83 bits per heavy atom. The Morgan fingerprint density at radius 1 is 1.25 bits per heavy atom. The van der Waals surface area contributed by atoms with Crippen LogP contribution in [0.25, 0.3) is 0 Å². The van der Waals surface area contributed by atoms with Gasteiger partial charge in [0.1, 0.15) is 6.54 Å². The lowest BCUT2D eigenvalue weighted by Crippen LogP contribution is -2.42. The molecule has 1 fully saturated rings. The van der Waals surface area contributed by atoms with Gasteiger partial charge in [-0.1, -0.05) is 12.1 Å². The number of halogens is 3. The first-order valence-corrected chi connectivity index (χ1v) is 7.55. The molecule has 0 radical (unpaired) electrons. The van der Waals surface area contributed by atoms with Crippen molar-refractivity contribution < 1.29 is 22.9 Å². The molecule has 0 unspecified atom stereocenters. The summed E-state index contributed by atoms with van der Waals surface area (Å²) in [6, 6.07) is 6.24. The number of alkyl halides is 3. The third-order valence-electron chi connectivity index (χ3n) is 3.97. The summed E-state index contributed by atoms with van der Waals surface area (Å²) in [6.45, 7) is 0.492. The number of likely N-dealkylation sites (tertiary alicyclic amines) is 1. The number of rotatable bonds is 5. The van der Waals surface area contributed by atoms with E-state index < -0.39 is 29.5 Å². The first kappa shape index (κ1) is 18.2. The van der Waals surface area contributed by atoms with E-state index >= 15 is 0 Å². The van der Waals surface area contributed by atoms with Gasteiger partial charge in [-0.05, 0) is 31.5 Å². The van der Waals surface area contributed by atoms with Gasteiger partial charge < -0.3 is 5.32 Å². The number of piperidine rings is 1. The van der Waals surface area contributed by atoms with Gasteiger partial charge in [0.15, 0.2) is 0 Å². The largest absolute Gasteiger partial charge is 0.405 e. The van der Waals surface area contributed by atoms with E-state index in [0.717, 1.165) is 5.56 Å². The Bertz CT molecular complexity index is 582. The van der Waals surface area contributed by atoms with Crippen LogP contribution in [-0.4, -0.2) is 41.5 Å². The van der Waals surface area contributed by atoms with Gasteiger partial charge in [0.25, 0.3) is 5.69 Å². The second kappa shape index (κ2) is 7.61. The normalized spacial score (nSPS) is 16.8. The molecule has 0 saturated carbocycles. The number of nitro groups is 1. The van der Waals surface area contributed by atoms with Gasteiger partial charge in [-0.15, -0.1) is 0 Å². The molecule has 0 bridgehead atoms. The number of hydrogen-bond donors (Lipinski definition) is 1. The van der Waals surface area contributed by atoms with E-state index in [9.17, 15) is 28.1 Å². The molecule has 1 aromatic rings. The number of non-ortho nitro benzene ring substituents is 1. The molecular formula is C15H18F3N3O3. The fraction of sp³-hybridized carbons (Fsp3) is 0.533. The number of carbonyl (C=O) groups excluding carboxylic acids is 1. The molecule has 0 aliphatic carbocycles. The minimum atomic E-state index is -4.40. The molecule has 1 saturated heterocycles. The molecule has 1 heterocycles. The molecule has 132 valence electrons. The number of nitrogens with one attached hydrogen (secondary N) is 1. The molecule has 1 aromatic carbocycles. The van der Waals surface area contributed by atoms with E-state index in [1.807, 2.05) is 5.32 Å². The van der Waals surface area contributed by atoms with Gasteiger partial charge in [-0.25, -0.2) is 0 Å². The Hall–Kier alpha value is -2.16. The van der Waals surface area contributed by atoms with E-state index in [2.05, 4.69) is 4.90 Å². The second-order valence-electron chi connectivity index (χ2n) is 5.81. The number of nitrogens with zero attached hydrogens (tertiary/aromatic N) is 2. The van der Waals surface area contributed by atoms with Crippen molar-refractivity contribution in [2.24, 2.45) is 5.92 Å². The zero-order valence-corrected chi connectivity index (χ0v) is 12.9. The number of nitro benzene ring substituents is 1. The molecule has 9 heteroatoms. The fourth-order valence-corrected chi connectivity index (χ4v) is 2.67. The third-order valence-corrected chi connectivity index (χ3v) is 3.97. The van der Waals surface area contributed by atoms with Gasteiger partial charge in [0.05, 0.1) is 4.92 Å². The molecule has 2 rings (SSSR count). The molecule has 1 aliphatic rings. The maximum absolute atomic E-state index is 12.1. The Balaban J connectivity index is 1.78. The van der Waals surface area contributed by atoms with Crippen LogP contribution in [0, 0.1) is 16.0 Å².